The molecule has 12 rings (SSSR count). The second kappa shape index (κ2) is 21.9. The molecule has 5 aliphatic carbocycles. The molecule has 406 valence electrons. The number of likely N-dealkylation sites (tertiary alicyclic amines) is 3. The lowest BCUT2D eigenvalue weighted by molar-refractivity contribution is -0.180. The zero-order valence-electron chi connectivity index (χ0n) is 43.4. The minimum atomic E-state index is -2.09. The van der Waals surface area contributed by atoms with Crippen LogP contribution in [0.15, 0.2) is 70.8 Å². The Bertz CT molecular complexity index is 2830. The Hall–Kier alpha value is -5.88. The summed E-state index contributed by atoms with van der Waals surface area (Å²) in [5.74, 6) is -3.40. The summed E-state index contributed by atoms with van der Waals surface area (Å²) in [5.41, 5.74) is -1.65. The Morgan fingerprint density at radius 3 is 2.16 bits per heavy atom. The van der Waals surface area contributed by atoms with Crippen molar-refractivity contribution in [2.45, 2.75) is 127 Å². The van der Waals surface area contributed by atoms with E-state index in [9.17, 15) is 28.8 Å². The van der Waals surface area contributed by atoms with Crippen LogP contribution in [0.5, 0.6) is 0 Å². The Labute approximate surface area is 441 Å². The number of piperazine rings is 1. The Kier molecular flexibility index (Phi) is 15.0. The summed E-state index contributed by atoms with van der Waals surface area (Å²) in [7, 11) is 0. The van der Waals surface area contributed by atoms with Gasteiger partial charge in [0.25, 0.3) is 11.5 Å². The molecule has 76 heavy (non-hydrogen) atoms. The molecule has 1 aromatic heterocycles. The van der Waals surface area contributed by atoms with Crippen molar-refractivity contribution >= 4 is 40.3 Å². The molecule has 8 fully saturated rings. The van der Waals surface area contributed by atoms with Crippen LogP contribution in [-0.2, 0) is 30.3 Å². The van der Waals surface area contributed by atoms with Crippen LogP contribution in [0.4, 0.5) is 13.2 Å². The van der Waals surface area contributed by atoms with E-state index < -0.39 is 41.1 Å². The Balaban J connectivity index is 0.624. The molecule has 4 aliphatic heterocycles. The average Bonchev–Trinajstić information content (AvgIpc) is 3.42. The maximum absolute atomic E-state index is 16.9. The maximum atomic E-state index is 16.9. The summed E-state index contributed by atoms with van der Waals surface area (Å²) >= 11 is 0. The molecule has 3 aromatic rings. The number of H-pyrrole nitrogens is 1. The molecule has 5 amide bonds. The minimum Gasteiger partial charge on any atom is -0.375 e. The summed E-state index contributed by atoms with van der Waals surface area (Å²) in [5, 5.41) is 10.9. The fraction of sp³-hybridized carbons (Fsp3) is 0.603. The third-order valence-corrected chi connectivity index (χ3v) is 18.3. The molecular formula is C58H71F3N8O7. The van der Waals surface area contributed by atoms with Crippen molar-refractivity contribution in [1.82, 2.24) is 40.0 Å². The van der Waals surface area contributed by atoms with Gasteiger partial charge in [-0.05, 0) is 113 Å². The van der Waals surface area contributed by atoms with E-state index >= 15 is 13.2 Å². The molecule has 0 spiro atoms. The summed E-state index contributed by atoms with van der Waals surface area (Å²) in [6.07, 6.45) is 13.8. The van der Waals surface area contributed by atoms with Crippen LogP contribution in [0.25, 0.3) is 10.8 Å². The highest BCUT2D eigenvalue weighted by atomic mass is 19.1. The number of amides is 5. The van der Waals surface area contributed by atoms with Crippen molar-refractivity contribution < 1.29 is 41.9 Å². The third-order valence-electron chi connectivity index (χ3n) is 18.3. The lowest BCUT2D eigenvalue weighted by atomic mass is 9.44. The van der Waals surface area contributed by atoms with Crippen molar-refractivity contribution in [3.8, 4) is 0 Å². The number of alkyl halides is 1. The van der Waals surface area contributed by atoms with E-state index in [1.807, 2.05) is 17.0 Å². The quantitative estimate of drug-likeness (QED) is 0.197. The number of rotatable bonds is 13. The van der Waals surface area contributed by atoms with Crippen LogP contribution in [0.3, 0.4) is 0 Å². The lowest BCUT2D eigenvalue weighted by Crippen LogP contribution is -2.63. The van der Waals surface area contributed by atoms with Gasteiger partial charge in [0.05, 0.1) is 53.3 Å². The van der Waals surface area contributed by atoms with Crippen LogP contribution in [0.1, 0.15) is 118 Å². The number of carbonyl (C=O) groups is 5. The molecular weight excluding hydrogens is 978 g/mol. The zero-order chi connectivity index (χ0) is 52.7. The molecule has 5 heterocycles. The van der Waals surface area contributed by atoms with Gasteiger partial charge in [0, 0.05) is 76.3 Å². The number of nitrogens with zero attached hydrogens (tertiary/aromatic N) is 6. The van der Waals surface area contributed by atoms with E-state index in [-0.39, 0.29) is 97.0 Å². The summed E-state index contributed by atoms with van der Waals surface area (Å²) in [6, 6.07) is 10.7. The first kappa shape index (κ1) is 52.2. The van der Waals surface area contributed by atoms with E-state index in [4.69, 9.17) is 4.74 Å². The molecule has 2 N–H and O–H groups in total. The lowest BCUT2D eigenvalue weighted by Gasteiger charge is -2.61. The fourth-order valence-corrected chi connectivity index (χ4v) is 13.7. The van der Waals surface area contributed by atoms with Crippen LogP contribution in [-0.4, -0.2) is 160 Å². The number of aromatic amines is 1. The zero-order valence-corrected chi connectivity index (χ0v) is 43.4. The SMILES string of the molecule is O=C(N[C@@H](C(=O)N1CCC(OC2CCN(CC(=O)N3CCN(C(=O)c4cc(Cc5n[nH]c(=O)c6ccccc56)ccc4F)CC3)CC2)CC1)C1CCCCC1)C1CC=CC([C@]2(F)CCCN(C(=O)C34CC(C3)C4)C2)=C1F. The molecule has 1 unspecified atom stereocenters. The molecule has 0 radical (unpaired) electrons. The first-order valence-corrected chi connectivity index (χ1v) is 28.1. The van der Waals surface area contributed by atoms with Crippen LogP contribution in [0, 0.1) is 29.0 Å². The molecule has 2 aromatic carbocycles. The van der Waals surface area contributed by atoms with E-state index in [0.717, 1.165) is 64.2 Å². The van der Waals surface area contributed by atoms with Gasteiger partial charge in [0.15, 0.2) is 5.67 Å². The van der Waals surface area contributed by atoms with Gasteiger partial charge in [-0.1, -0.05) is 55.7 Å². The Morgan fingerprint density at radius 1 is 0.776 bits per heavy atom. The van der Waals surface area contributed by atoms with Crippen molar-refractivity contribution in [2.24, 2.45) is 23.2 Å². The summed E-state index contributed by atoms with van der Waals surface area (Å²) < 4.78 is 55.1. The number of aromatic nitrogens is 2. The normalized spacial score (nSPS) is 27.2. The number of hydrogen-bond acceptors (Lipinski definition) is 9. The number of allylic oxidation sites excluding steroid dienone is 2. The Morgan fingerprint density at radius 2 is 1.46 bits per heavy atom. The van der Waals surface area contributed by atoms with Crippen LogP contribution < -0.4 is 10.9 Å². The highest BCUT2D eigenvalue weighted by Gasteiger charge is 2.63. The van der Waals surface area contributed by atoms with Gasteiger partial charge in [0.1, 0.15) is 17.7 Å². The predicted molar refractivity (Wildman–Crippen MR) is 278 cm³/mol. The van der Waals surface area contributed by atoms with Crippen molar-refractivity contribution in [2.75, 3.05) is 72.0 Å². The molecule has 3 atom stereocenters. The fourth-order valence-electron chi connectivity index (χ4n) is 13.7. The van der Waals surface area contributed by atoms with Gasteiger partial charge in [-0.15, -0.1) is 0 Å². The third kappa shape index (κ3) is 10.6. The number of nitrogens with one attached hydrogen (secondary N) is 2. The van der Waals surface area contributed by atoms with Crippen molar-refractivity contribution in [1.29, 1.82) is 0 Å². The number of piperidine rings is 3. The number of carbonyl (C=O) groups excluding carboxylic acids is 5. The van der Waals surface area contributed by atoms with Gasteiger partial charge in [-0.25, -0.2) is 18.3 Å². The minimum absolute atomic E-state index is 0.0136. The molecule has 4 saturated carbocycles. The number of hydrogen-bond donors (Lipinski definition) is 2. The summed E-state index contributed by atoms with van der Waals surface area (Å²) in [4.78, 5) is 90.2. The van der Waals surface area contributed by atoms with Gasteiger partial charge >= 0.3 is 0 Å². The average molecular weight is 1050 g/mol. The van der Waals surface area contributed by atoms with E-state index in [2.05, 4.69) is 20.4 Å². The highest BCUT2D eigenvalue weighted by Crippen LogP contribution is 2.65. The van der Waals surface area contributed by atoms with E-state index in [1.54, 1.807) is 39.0 Å². The number of halogens is 3. The van der Waals surface area contributed by atoms with E-state index in [1.165, 1.54) is 18.2 Å². The van der Waals surface area contributed by atoms with Gasteiger partial charge in [-0.2, -0.15) is 5.10 Å². The largest absolute Gasteiger partial charge is 0.375 e. The molecule has 18 heteroatoms. The first-order chi connectivity index (χ1) is 36.7. The standard InChI is InChI=1S/C58H71F3N8O7/c59-47-15-14-37(31-48-42-10-4-5-11-43(42)53(72)64-63-48)30-45(47)54(73)68-28-26-66(27-29-68)49(70)35-65-22-16-40(17-23-65)76-41-18-24-67(25-19-41)55(74)51(39-8-2-1-3-9-39)62-52(71)44-12-6-13-46(50(44)60)58(61)20-7-21-69(36-58)56(75)57-32-38(33-57)34-57/h4-6,10-11,13-15,30,38-41,44,51H,1-3,7-9,12,16-29,31-36H2,(H,62,71)(H,64,72)/t38?,44?,51-,57?,58+/m1/s1. The monoisotopic (exact) mass is 1050 g/mol. The second-order valence-electron chi connectivity index (χ2n) is 23.2. The van der Waals surface area contributed by atoms with Crippen LogP contribution >= 0.6 is 0 Å². The molecule has 9 aliphatic rings. The topological polar surface area (TPSA) is 169 Å². The maximum Gasteiger partial charge on any atom is 0.272 e. The number of ether oxygens (including phenoxy) is 1. The number of fused-ring (bicyclic) bond motifs is 1. The molecule has 4 saturated heterocycles. The molecule has 2 bridgehead atoms. The summed E-state index contributed by atoms with van der Waals surface area (Å²) in [6.45, 7) is 4.05. The number of benzene rings is 2. The van der Waals surface area contributed by atoms with Gasteiger partial charge in [-0.3, -0.25) is 33.7 Å². The van der Waals surface area contributed by atoms with Crippen molar-refractivity contribution in [3.05, 3.63) is 99.0 Å². The molecule has 15 nitrogen and oxygen atoms in total. The van der Waals surface area contributed by atoms with Gasteiger partial charge in [0.2, 0.25) is 23.6 Å². The second-order valence-corrected chi connectivity index (χ2v) is 23.2. The van der Waals surface area contributed by atoms with E-state index in [0.29, 0.717) is 99.4 Å². The smallest absolute Gasteiger partial charge is 0.272 e. The van der Waals surface area contributed by atoms with Crippen molar-refractivity contribution in [3.63, 3.8) is 0 Å². The predicted octanol–water partition coefficient (Wildman–Crippen LogP) is 6.41. The first-order valence-electron chi connectivity index (χ1n) is 28.1. The van der Waals surface area contributed by atoms with Gasteiger partial charge < -0.3 is 29.7 Å². The highest BCUT2D eigenvalue weighted by molar-refractivity contribution is 5.95. The van der Waals surface area contributed by atoms with Crippen LogP contribution in [0.2, 0.25) is 0 Å².